The van der Waals surface area contributed by atoms with Gasteiger partial charge >= 0.3 is 0 Å². The third-order valence-electron chi connectivity index (χ3n) is 5.55. The number of rotatable bonds is 8. The molecule has 166 valence electrons. The molecule has 0 aromatic carbocycles. The summed E-state index contributed by atoms with van der Waals surface area (Å²) in [5, 5.41) is 5.64. The van der Waals surface area contributed by atoms with E-state index in [0.29, 0.717) is 18.1 Å². The van der Waals surface area contributed by atoms with E-state index in [1.165, 1.54) is 17.7 Å². The molecule has 29 heavy (non-hydrogen) atoms. The Balaban J connectivity index is 0.00000300. The van der Waals surface area contributed by atoms with Gasteiger partial charge in [-0.1, -0.05) is 13.0 Å². The lowest BCUT2D eigenvalue weighted by molar-refractivity contribution is -0.0721. The maximum atomic E-state index is 6.16. The molecule has 2 aliphatic rings. The average molecular weight is 536 g/mol. The van der Waals surface area contributed by atoms with Crippen LogP contribution >= 0.6 is 35.3 Å². The molecule has 0 aliphatic carbocycles. The first-order valence-corrected chi connectivity index (χ1v) is 11.9. The molecule has 2 atom stereocenters. The Kier molecular flexibility index (Phi) is 11.9. The normalized spacial score (nSPS) is 22.2. The van der Waals surface area contributed by atoms with Crippen molar-refractivity contribution in [3.63, 3.8) is 0 Å². The topological polar surface area (TPSA) is 46.1 Å². The summed E-state index contributed by atoms with van der Waals surface area (Å²) >= 11 is 1.84. The Morgan fingerprint density at radius 3 is 2.83 bits per heavy atom. The van der Waals surface area contributed by atoms with Crippen molar-refractivity contribution in [2.24, 2.45) is 10.9 Å². The number of likely N-dealkylation sites (tertiary alicyclic amines) is 1. The molecule has 0 saturated carbocycles. The Bertz CT molecular complexity index is 571. The van der Waals surface area contributed by atoms with Gasteiger partial charge in [-0.05, 0) is 62.8 Å². The fraction of sp³-hybridized carbons (Fsp3) is 0.773. The maximum Gasteiger partial charge on any atom is 0.193 e. The second-order valence-corrected chi connectivity index (χ2v) is 9.12. The van der Waals surface area contributed by atoms with Crippen molar-refractivity contribution in [3.05, 3.63) is 22.4 Å². The lowest BCUT2D eigenvalue weighted by Crippen LogP contribution is -2.47. The van der Waals surface area contributed by atoms with E-state index in [2.05, 4.69) is 41.6 Å². The highest BCUT2D eigenvalue weighted by Crippen LogP contribution is 2.18. The van der Waals surface area contributed by atoms with Crippen LogP contribution in [0, 0.1) is 5.92 Å². The zero-order chi connectivity index (χ0) is 19.6. The smallest absolute Gasteiger partial charge is 0.193 e. The molecule has 0 spiro atoms. The van der Waals surface area contributed by atoms with E-state index in [0.717, 1.165) is 71.0 Å². The lowest BCUT2D eigenvalue weighted by Gasteiger charge is -2.35. The summed E-state index contributed by atoms with van der Waals surface area (Å²) in [4.78, 5) is 8.79. The molecular formula is C22H38IN3O2S. The summed E-state index contributed by atoms with van der Waals surface area (Å²) in [6, 6.07) is 4.35. The second-order valence-electron chi connectivity index (χ2n) is 8.09. The number of hydrogen-bond acceptors (Lipinski definition) is 4. The number of nitrogens with one attached hydrogen (secondary N) is 1. The van der Waals surface area contributed by atoms with Crippen LogP contribution in [-0.2, 0) is 15.9 Å². The van der Waals surface area contributed by atoms with Crippen LogP contribution in [0.2, 0.25) is 0 Å². The molecule has 2 saturated heterocycles. The van der Waals surface area contributed by atoms with Crippen LogP contribution in [0.25, 0.3) is 0 Å². The van der Waals surface area contributed by atoms with E-state index in [1.807, 2.05) is 11.3 Å². The van der Waals surface area contributed by atoms with Gasteiger partial charge in [-0.2, -0.15) is 0 Å². The van der Waals surface area contributed by atoms with Crippen molar-refractivity contribution in [1.29, 1.82) is 0 Å². The molecule has 3 rings (SSSR count). The Morgan fingerprint density at radius 1 is 1.34 bits per heavy atom. The predicted octanol–water partition coefficient (Wildman–Crippen LogP) is 4.56. The van der Waals surface area contributed by atoms with Crippen molar-refractivity contribution < 1.29 is 9.47 Å². The SMILES string of the molecule is CCNC(=NCC(C)Cc1cccs1)N1CCC(OCC2CCCCO2)CC1.I. The van der Waals surface area contributed by atoms with Gasteiger partial charge in [0.25, 0.3) is 0 Å². The molecular weight excluding hydrogens is 497 g/mol. The average Bonchev–Trinajstić information content (AvgIpc) is 3.24. The van der Waals surface area contributed by atoms with Gasteiger partial charge in [-0.15, -0.1) is 35.3 Å². The van der Waals surface area contributed by atoms with E-state index in [-0.39, 0.29) is 24.0 Å². The van der Waals surface area contributed by atoms with Gasteiger partial charge in [0.05, 0.1) is 18.8 Å². The van der Waals surface area contributed by atoms with Crippen molar-refractivity contribution in [2.75, 3.05) is 39.4 Å². The van der Waals surface area contributed by atoms with Crippen molar-refractivity contribution in [2.45, 2.75) is 64.6 Å². The largest absolute Gasteiger partial charge is 0.376 e. The monoisotopic (exact) mass is 535 g/mol. The highest BCUT2D eigenvalue weighted by Gasteiger charge is 2.24. The highest BCUT2D eigenvalue weighted by molar-refractivity contribution is 14.0. The van der Waals surface area contributed by atoms with Crippen LogP contribution in [-0.4, -0.2) is 62.5 Å². The van der Waals surface area contributed by atoms with Gasteiger partial charge < -0.3 is 19.7 Å². The van der Waals surface area contributed by atoms with Crippen molar-refractivity contribution in [3.8, 4) is 0 Å². The molecule has 0 amide bonds. The fourth-order valence-electron chi connectivity index (χ4n) is 3.92. The quantitative estimate of drug-likeness (QED) is 0.301. The summed E-state index contributed by atoms with van der Waals surface area (Å²) in [7, 11) is 0. The molecule has 5 nitrogen and oxygen atoms in total. The standard InChI is InChI=1S/C22H37N3O2S.HI/c1-3-23-22(24-16-18(2)15-21-8-6-14-28-21)25-11-9-19(10-12-25)27-17-20-7-4-5-13-26-20;/h6,8,14,18-20H,3-5,7,9-13,15-17H2,1-2H3,(H,23,24);1H. The van der Waals surface area contributed by atoms with Gasteiger partial charge in [0.2, 0.25) is 0 Å². The van der Waals surface area contributed by atoms with E-state index in [4.69, 9.17) is 14.5 Å². The van der Waals surface area contributed by atoms with Crippen LogP contribution in [0.5, 0.6) is 0 Å². The summed E-state index contributed by atoms with van der Waals surface area (Å²) in [5.41, 5.74) is 0. The number of thiophene rings is 1. The molecule has 7 heteroatoms. The zero-order valence-corrected chi connectivity index (χ0v) is 21.1. The van der Waals surface area contributed by atoms with E-state index >= 15 is 0 Å². The van der Waals surface area contributed by atoms with Crippen LogP contribution in [0.15, 0.2) is 22.5 Å². The first-order valence-electron chi connectivity index (χ1n) is 11.0. The van der Waals surface area contributed by atoms with Crippen LogP contribution in [0.3, 0.4) is 0 Å². The first-order chi connectivity index (χ1) is 13.7. The Hall–Kier alpha value is -0.380. The Labute approximate surface area is 197 Å². The molecule has 2 unspecified atom stereocenters. The van der Waals surface area contributed by atoms with Gasteiger partial charge in [0.15, 0.2) is 5.96 Å². The Morgan fingerprint density at radius 2 is 2.17 bits per heavy atom. The number of piperidine rings is 1. The van der Waals surface area contributed by atoms with Crippen LogP contribution < -0.4 is 5.32 Å². The molecule has 2 aliphatic heterocycles. The second kappa shape index (κ2) is 13.8. The first kappa shape index (κ1) is 24.9. The van der Waals surface area contributed by atoms with E-state index < -0.39 is 0 Å². The summed E-state index contributed by atoms with van der Waals surface area (Å²) in [5.74, 6) is 1.62. The minimum absolute atomic E-state index is 0. The summed E-state index contributed by atoms with van der Waals surface area (Å²) in [6.07, 6.45) is 7.56. The minimum atomic E-state index is 0. The molecule has 2 fully saturated rings. The third-order valence-corrected chi connectivity index (χ3v) is 6.45. The van der Waals surface area contributed by atoms with E-state index in [9.17, 15) is 0 Å². The van der Waals surface area contributed by atoms with Crippen LogP contribution in [0.1, 0.15) is 50.8 Å². The fourth-order valence-corrected chi connectivity index (χ4v) is 4.79. The number of aliphatic imine (C=N–C) groups is 1. The number of hydrogen-bond donors (Lipinski definition) is 1. The molecule has 1 aromatic heterocycles. The minimum Gasteiger partial charge on any atom is -0.376 e. The van der Waals surface area contributed by atoms with Crippen LogP contribution in [0.4, 0.5) is 0 Å². The van der Waals surface area contributed by atoms with Gasteiger partial charge in [0, 0.05) is 37.7 Å². The molecule has 0 bridgehead atoms. The van der Waals surface area contributed by atoms with Crippen molar-refractivity contribution in [1.82, 2.24) is 10.2 Å². The highest BCUT2D eigenvalue weighted by atomic mass is 127. The van der Waals surface area contributed by atoms with Gasteiger partial charge in [0.1, 0.15) is 0 Å². The number of guanidine groups is 1. The predicted molar refractivity (Wildman–Crippen MR) is 133 cm³/mol. The number of nitrogens with zero attached hydrogens (tertiary/aromatic N) is 2. The van der Waals surface area contributed by atoms with E-state index in [1.54, 1.807) is 0 Å². The zero-order valence-electron chi connectivity index (χ0n) is 18.0. The third kappa shape index (κ3) is 8.71. The molecule has 1 aromatic rings. The number of ether oxygens (including phenoxy) is 2. The molecule has 0 radical (unpaired) electrons. The van der Waals surface area contributed by atoms with Gasteiger partial charge in [-0.25, -0.2) is 0 Å². The number of halogens is 1. The van der Waals surface area contributed by atoms with Gasteiger partial charge in [-0.3, -0.25) is 4.99 Å². The summed E-state index contributed by atoms with van der Waals surface area (Å²) in [6.45, 7) is 9.91. The molecule has 3 heterocycles. The molecule has 1 N–H and O–H groups in total. The van der Waals surface area contributed by atoms with Crippen molar-refractivity contribution >= 4 is 41.3 Å². The summed E-state index contributed by atoms with van der Waals surface area (Å²) < 4.78 is 11.9. The maximum absolute atomic E-state index is 6.16. The lowest BCUT2D eigenvalue weighted by atomic mass is 10.1.